The van der Waals surface area contributed by atoms with E-state index in [2.05, 4.69) is 21.2 Å². The Hall–Kier alpha value is -1.33. The monoisotopic (exact) mass is 325 g/mol. The number of benzene rings is 1. The number of halogens is 1. The molecule has 0 saturated heterocycles. The fraction of sp³-hybridized carbons (Fsp3) is 0.154. The Bertz CT molecular complexity index is 513. The van der Waals surface area contributed by atoms with Crippen LogP contribution in [0, 0.1) is 0 Å². The topological polar surface area (TPSA) is 38.3 Å². The molecule has 5 heteroatoms. The van der Waals surface area contributed by atoms with E-state index in [0.29, 0.717) is 6.54 Å². The molecule has 0 aliphatic rings. The maximum Gasteiger partial charge on any atom is 0.407 e. The van der Waals surface area contributed by atoms with E-state index >= 15 is 0 Å². The highest BCUT2D eigenvalue weighted by atomic mass is 79.9. The SMILES string of the molecule is O=C(NCc1sccc1Br)OCc1ccccc1. The smallest absolute Gasteiger partial charge is 0.407 e. The van der Waals surface area contributed by atoms with Crippen LogP contribution in [0.25, 0.3) is 0 Å². The van der Waals surface area contributed by atoms with Crippen molar-refractivity contribution < 1.29 is 9.53 Å². The number of carbonyl (C=O) groups is 1. The summed E-state index contributed by atoms with van der Waals surface area (Å²) in [5, 5.41) is 4.68. The Morgan fingerprint density at radius 3 is 2.72 bits per heavy atom. The minimum absolute atomic E-state index is 0.290. The van der Waals surface area contributed by atoms with E-state index in [-0.39, 0.29) is 6.61 Å². The minimum atomic E-state index is -0.404. The summed E-state index contributed by atoms with van der Waals surface area (Å²) >= 11 is 5.00. The predicted octanol–water partition coefficient (Wildman–Crippen LogP) is 3.94. The summed E-state index contributed by atoms with van der Waals surface area (Å²) in [6, 6.07) is 11.6. The molecule has 2 rings (SSSR count). The summed E-state index contributed by atoms with van der Waals surface area (Å²) in [5.74, 6) is 0. The molecule has 1 heterocycles. The second-order valence-corrected chi connectivity index (χ2v) is 5.46. The van der Waals surface area contributed by atoms with Gasteiger partial charge >= 0.3 is 6.09 Å². The first kappa shape index (κ1) is 13.1. The van der Waals surface area contributed by atoms with Gasteiger partial charge in [-0.3, -0.25) is 0 Å². The zero-order valence-electron chi connectivity index (χ0n) is 9.56. The summed E-state index contributed by atoms with van der Waals surface area (Å²) < 4.78 is 6.12. The molecule has 1 amide bonds. The summed E-state index contributed by atoms with van der Waals surface area (Å²) in [4.78, 5) is 12.6. The van der Waals surface area contributed by atoms with Crippen LogP contribution in [0.1, 0.15) is 10.4 Å². The quantitative estimate of drug-likeness (QED) is 0.924. The van der Waals surface area contributed by atoms with Crippen LogP contribution >= 0.6 is 27.3 Å². The highest BCUT2D eigenvalue weighted by Gasteiger charge is 2.05. The van der Waals surface area contributed by atoms with Crippen LogP contribution in [0.3, 0.4) is 0 Å². The molecule has 94 valence electrons. The van der Waals surface area contributed by atoms with E-state index in [0.717, 1.165) is 14.9 Å². The van der Waals surface area contributed by atoms with E-state index in [1.54, 1.807) is 11.3 Å². The van der Waals surface area contributed by atoms with E-state index in [4.69, 9.17) is 4.74 Å². The number of carbonyl (C=O) groups excluding carboxylic acids is 1. The molecule has 0 atom stereocenters. The lowest BCUT2D eigenvalue weighted by Gasteiger charge is -2.06. The van der Waals surface area contributed by atoms with Crippen molar-refractivity contribution in [1.82, 2.24) is 5.32 Å². The summed E-state index contributed by atoms with van der Waals surface area (Å²) in [5.41, 5.74) is 0.977. The molecule has 0 fully saturated rings. The number of hydrogen-bond donors (Lipinski definition) is 1. The van der Waals surface area contributed by atoms with E-state index in [1.165, 1.54) is 0 Å². The van der Waals surface area contributed by atoms with Crippen LogP contribution in [0.5, 0.6) is 0 Å². The Morgan fingerprint density at radius 1 is 1.28 bits per heavy atom. The van der Waals surface area contributed by atoms with Crippen molar-refractivity contribution in [2.75, 3.05) is 0 Å². The minimum Gasteiger partial charge on any atom is -0.445 e. The Labute approximate surface area is 118 Å². The average Bonchev–Trinajstić information content (AvgIpc) is 2.81. The third kappa shape index (κ3) is 3.85. The number of amides is 1. The van der Waals surface area contributed by atoms with Crippen LogP contribution < -0.4 is 5.32 Å². The molecule has 0 radical (unpaired) electrons. The van der Waals surface area contributed by atoms with Gasteiger partial charge in [-0.15, -0.1) is 11.3 Å². The normalized spacial score (nSPS) is 10.1. The lowest BCUT2D eigenvalue weighted by molar-refractivity contribution is 0.139. The number of thiophene rings is 1. The number of rotatable bonds is 4. The van der Waals surface area contributed by atoms with Crippen LogP contribution in [-0.2, 0) is 17.9 Å². The van der Waals surface area contributed by atoms with E-state index in [9.17, 15) is 4.79 Å². The van der Waals surface area contributed by atoms with Crippen LogP contribution in [0.4, 0.5) is 4.79 Å². The molecule has 1 aromatic carbocycles. The highest BCUT2D eigenvalue weighted by Crippen LogP contribution is 2.22. The van der Waals surface area contributed by atoms with Crippen molar-refractivity contribution in [3.05, 3.63) is 56.7 Å². The molecule has 18 heavy (non-hydrogen) atoms. The number of hydrogen-bond acceptors (Lipinski definition) is 3. The summed E-state index contributed by atoms with van der Waals surface area (Å²) in [6.07, 6.45) is -0.404. The second-order valence-electron chi connectivity index (χ2n) is 3.61. The van der Waals surface area contributed by atoms with Gasteiger partial charge in [-0.2, -0.15) is 0 Å². The first-order valence-electron chi connectivity index (χ1n) is 5.42. The standard InChI is InChI=1S/C13H12BrNO2S/c14-11-6-7-18-12(11)8-15-13(16)17-9-10-4-2-1-3-5-10/h1-7H,8-9H2,(H,15,16). The number of nitrogens with one attached hydrogen (secondary N) is 1. The summed E-state index contributed by atoms with van der Waals surface area (Å²) in [6.45, 7) is 0.768. The molecule has 0 aliphatic carbocycles. The maximum atomic E-state index is 11.5. The molecule has 0 bridgehead atoms. The van der Waals surface area contributed by atoms with Gasteiger partial charge in [0.05, 0.1) is 6.54 Å². The molecular formula is C13H12BrNO2S. The largest absolute Gasteiger partial charge is 0.445 e. The fourth-order valence-electron chi connectivity index (χ4n) is 1.38. The zero-order valence-corrected chi connectivity index (χ0v) is 12.0. The van der Waals surface area contributed by atoms with Crippen molar-refractivity contribution in [2.45, 2.75) is 13.2 Å². The van der Waals surface area contributed by atoms with E-state index in [1.807, 2.05) is 41.8 Å². The van der Waals surface area contributed by atoms with Crippen LogP contribution in [0.15, 0.2) is 46.3 Å². The molecular weight excluding hydrogens is 314 g/mol. The van der Waals surface area contributed by atoms with Gasteiger partial charge in [0.2, 0.25) is 0 Å². The lowest BCUT2D eigenvalue weighted by atomic mass is 10.2. The van der Waals surface area contributed by atoms with Crippen molar-refractivity contribution >= 4 is 33.4 Å². The van der Waals surface area contributed by atoms with Crippen LogP contribution in [-0.4, -0.2) is 6.09 Å². The Balaban J connectivity index is 1.75. The van der Waals surface area contributed by atoms with Gasteiger partial charge in [0, 0.05) is 9.35 Å². The van der Waals surface area contributed by atoms with Gasteiger partial charge in [-0.05, 0) is 32.9 Å². The third-order valence-corrected chi connectivity index (χ3v) is 4.22. The van der Waals surface area contributed by atoms with E-state index < -0.39 is 6.09 Å². The van der Waals surface area contributed by atoms with Crippen molar-refractivity contribution in [2.24, 2.45) is 0 Å². The molecule has 0 unspecified atom stereocenters. The zero-order chi connectivity index (χ0) is 12.8. The Kier molecular flexibility index (Phi) is 4.78. The number of ether oxygens (including phenoxy) is 1. The lowest BCUT2D eigenvalue weighted by Crippen LogP contribution is -2.23. The van der Waals surface area contributed by atoms with Gasteiger partial charge in [0.15, 0.2) is 0 Å². The highest BCUT2D eigenvalue weighted by molar-refractivity contribution is 9.10. The van der Waals surface area contributed by atoms with Gasteiger partial charge in [0.1, 0.15) is 6.61 Å². The first-order valence-corrected chi connectivity index (χ1v) is 7.09. The third-order valence-electron chi connectivity index (χ3n) is 2.30. The van der Waals surface area contributed by atoms with Gasteiger partial charge in [-0.1, -0.05) is 30.3 Å². The van der Waals surface area contributed by atoms with Crippen molar-refractivity contribution in [3.8, 4) is 0 Å². The fourth-order valence-corrected chi connectivity index (χ4v) is 2.81. The first-order chi connectivity index (χ1) is 8.75. The molecule has 1 aromatic heterocycles. The second kappa shape index (κ2) is 6.56. The Morgan fingerprint density at radius 2 is 2.06 bits per heavy atom. The number of alkyl carbamates (subject to hydrolysis) is 1. The molecule has 0 saturated carbocycles. The van der Waals surface area contributed by atoms with Crippen molar-refractivity contribution in [1.29, 1.82) is 0 Å². The van der Waals surface area contributed by atoms with Gasteiger partial charge < -0.3 is 10.1 Å². The molecule has 2 aromatic rings. The van der Waals surface area contributed by atoms with Gasteiger partial charge in [0.25, 0.3) is 0 Å². The van der Waals surface area contributed by atoms with Gasteiger partial charge in [-0.25, -0.2) is 4.79 Å². The molecule has 0 spiro atoms. The predicted molar refractivity (Wildman–Crippen MR) is 75.5 cm³/mol. The summed E-state index contributed by atoms with van der Waals surface area (Å²) in [7, 11) is 0. The van der Waals surface area contributed by atoms with Crippen LogP contribution in [0.2, 0.25) is 0 Å². The molecule has 1 N–H and O–H groups in total. The van der Waals surface area contributed by atoms with Crippen molar-refractivity contribution in [3.63, 3.8) is 0 Å². The molecule has 0 aliphatic heterocycles. The maximum absolute atomic E-state index is 11.5. The average molecular weight is 326 g/mol. The molecule has 3 nitrogen and oxygen atoms in total.